The first kappa shape index (κ1) is 27.1. The van der Waals surface area contributed by atoms with E-state index in [2.05, 4.69) is 26.1 Å². The van der Waals surface area contributed by atoms with Crippen LogP contribution in [0.2, 0.25) is 0 Å². The molecule has 1 rings (SSSR count). The molecule has 0 saturated heterocycles. The highest BCUT2D eigenvalue weighted by molar-refractivity contribution is 5.89. The molecular formula is C25H42N2O4. The van der Waals surface area contributed by atoms with Gasteiger partial charge in [0, 0.05) is 24.7 Å². The van der Waals surface area contributed by atoms with Gasteiger partial charge in [-0.05, 0) is 30.9 Å². The van der Waals surface area contributed by atoms with Crippen LogP contribution in [-0.2, 0) is 4.74 Å². The molecule has 1 aromatic rings. The molecule has 0 heterocycles. The molecule has 0 radical (unpaired) electrons. The summed E-state index contributed by atoms with van der Waals surface area (Å²) in [6.45, 7) is 7.74. The average molecular weight is 435 g/mol. The van der Waals surface area contributed by atoms with Gasteiger partial charge in [-0.25, -0.2) is 4.79 Å². The second-order valence-electron chi connectivity index (χ2n) is 8.63. The topological polar surface area (TPSA) is 81.5 Å². The lowest BCUT2D eigenvalue weighted by molar-refractivity contribution is -0.384. The zero-order valence-corrected chi connectivity index (χ0v) is 19.7. The number of esters is 1. The van der Waals surface area contributed by atoms with E-state index in [1.165, 1.54) is 82.1 Å². The highest BCUT2D eigenvalue weighted by Gasteiger charge is 2.14. The predicted molar refractivity (Wildman–Crippen MR) is 126 cm³/mol. The van der Waals surface area contributed by atoms with E-state index >= 15 is 0 Å². The van der Waals surface area contributed by atoms with Crippen molar-refractivity contribution in [2.24, 2.45) is 5.92 Å². The second-order valence-corrected chi connectivity index (χ2v) is 8.63. The van der Waals surface area contributed by atoms with Gasteiger partial charge in [-0.2, -0.15) is 0 Å². The van der Waals surface area contributed by atoms with Crippen molar-refractivity contribution in [2.45, 2.75) is 97.4 Å². The smallest absolute Gasteiger partial charge is 0.338 e. The lowest BCUT2D eigenvalue weighted by Crippen LogP contribution is -2.34. The number of ether oxygens (including phenoxy) is 1. The molecule has 0 aliphatic heterocycles. The molecule has 0 fully saturated rings. The molecule has 0 amide bonds. The standard InChI is InChI=1S/C25H42N2O4/c1-4-6-8-10-12-21(3)20-23(13-11-9-7-5-2)26-18-19-31-25(28)22-14-16-24(17-15-22)27(29)30/h14-17,21,23,26H,4-13,18-20H2,1-3H3/t21-,23-/m0/s1. The van der Waals surface area contributed by atoms with Crippen molar-refractivity contribution in [1.82, 2.24) is 5.32 Å². The Labute approximate surface area is 188 Å². The van der Waals surface area contributed by atoms with Crippen LogP contribution in [0.1, 0.15) is 102 Å². The third-order valence-electron chi connectivity index (χ3n) is 5.73. The van der Waals surface area contributed by atoms with Crippen LogP contribution in [-0.4, -0.2) is 30.1 Å². The van der Waals surface area contributed by atoms with Crippen LogP contribution in [0.4, 0.5) is 5.69 Å². The number of nitro benzene ring substituents is 1. The fourth-order valence-electron chi connectivity index (χ4n) is 3.85. The SMILES string of the molecule is CCCCCC[C@H](C)C[C@H](CCCCCC)NCCOC(=O)c1ccc([N+](=O)[O-])cc1. The minimum atomic E-state index is -0.482. The Kier molecular flexibility index (Phi) is 14.6. The molecule has 1 aromatic carbocycles. The zero-order valence-electron chi connectivity index (χ0n) is 19.7. The fraction of sp³-hybridized carbons (Fsp3) is 0.720. The van der Waals surface area contributed by atoms with Crippen LogP contribution in [0, 0.1) is 16.0 Å². The number of unbranched alkanes of at least 4 members (excludes halogenated alkanes) is 6. The minimum absolute atomic E-state index is 0.0343. The van der Waals surface area contributed by atoms with Crippen LogP contribution < -0.4 is 5.32 Å². The third kappa shape index (κ3) is 12.5. The van der Waals surface area contributed by atoms with Gasteiger partial charge in [0.1, 0.15) is 6.61 Å². The molecule has 1 N–H and O–H groups in total. The maximum Gasteiger partial charge on any atom is 0.338 e. The Bertz CT molecular complexity index is 618. The number of carbonyl (C=O) groups excluding carboxylic acids is 1. The summed E-state index contributed by atoms with van der Waals surface area (Å²) >= 11 is 0. The van der Waals surface area contributed by atoms with Crippen molar-refractivity contribution < 1.29 is 14.5 Å². The molecule has 0 aromatic heterocycles. The summed E-state index contributed by atoms with van der Waals surface area (Å²) in [5, 5.41) is 14.3. The Morgan fingerprint density at radius 3 is 2.19 bits per heavy atom. The second kappa shape index (κ2) is 16.7. The predicted octanol–water partition coefficient (Wildman–Crippen LogP) is 6.68. The van der Waals surface area contributed by atoms with Gasteiger partial charge < -0.3 is 10.1 Å². The Morgan fingerprint density at radius 1 is 1.00 bits per heavy atom. The van der Waals surface area contributed by atoms with Crippen molar-refractivity contribution in [3.8, 4) is 0 Å². The van der Waals surface area contributed by atoms with Gasteiger partial charge in [-0.3, -0.25) is 10.1 Å². The number of nitrogens with one attached hydrogen (secondary N) is 1. The van der Waals surface area contributed by atoms with Crippen molar-refractivity contribution in [3.63, 3.8) is 0 Å². The maximum atomic E-state index is 12.1. The number of hydrogen-bond donors (Lipinski definition) is 1. The third-order valence-corrected chi connectivity index (χ3v) is 5.73. The van der Waals surface area contributed by atoms with Crippen LogP contribution in [0.15, 0.2) is 24.3 Å². The molecule has 0 aliphatic carbocycles. The quantitative estimate of drug-likeness (QED) is 0.121. The number of nitrogens with zero attached hydrogens (tertiary/aromatic N) is 1. The normalized spacial score (nSPS) is 13.0. The molecule has 2 atom stereocenters. The van der Waals surface area contributed by atoms with Crippen LogP contribution in [0.3, 0.4) is 0 Å². The number of carbonyl (C=O) groups is 1. The lowest BCUT2D eigenvalue weighted by Gasteiger charge is -2.22. The van der Waals surface area contributed by atoms with Gasteiger partial charge in [-0.1, -0.05) is 78.6 Å². The zero-order chi connectivity index (χ0) is 22.9. The minimum Gasteiger partial charge on any atom is -0.461 e. The first-order chi connectivity index (χ1) is 15.0. The van der Waals surface area contributed by atoms with Gasteiger partial charge in [0.25, 0.3) is 5.69 Å². The molecular weight excluding hydrogens is 392 g/mol. The summed E-state index contributed by atoms with van der Waals surface area (Å²) in [5.41, 5.74) is 0.301. The molecule has 6 nitrogen and oxygen atoms in total. The van der Waals surface area contributed by atoms with E-state index in [9.17, 15) is 14.9 Å². The molecule has 0 aliphatic rings. The first-order valence-electron chi connectivity index (χ1n) is 12.1. The van der Waals surface area contributed by atoms with Crippen LogP contribution in [0.5, 0.6) is 0 Å². The van der Waals surface area contributed by atoms with Crippen molar-refractivity contribution in [3.05, 3.63) is 39.9 Å². The van der Waals surface area contributed by atoms with Gasteiger partial charge in [0.2, 0.25) is 0 Å². The van der Waals surface area contributed by atoms with Gasteiger partial charge >= 0.3 is 5.97 Å². The monoisotopic (exact) mass is 434 g/mol. The van der Waals surface area contributed by atoms with E-state index in [0.29, 0.717) is 30.7 Å². The Morgan fingerprint density at radius 2 is 1.61 bits per heavy atom. The van der Waals surface area contributed by atoms with Gasteiger partial charge in [0.15, 0.2) is 0 Å². The maximum absolute atomic E-state index is 12.1. The fourth-order valence-corrected chi connectivity index (χ4v) is 3.85. The average Bonchev–Trinajstić information content (AvgIpc) is 2.76. The summed E-state index contributed by atoms with van der Waals surface area (Å²) in [6.07, 6.45) is 13.9. The van der Waals surface area contributed by atoms with E-state index in [4.69, 9.17) is 4.74 Å². The lowest BCUT2D eigenvalue weighted by atomic mass is 9.92. The highest BCUT2D eigenvalue weighted by atomic mass is 16.6. The van der Waals surface area contributed by atoms with E-state index in [0.717, 1.165) is 12.8 Å². The van der Waals surface area contributed by atoms with E-state index < -0.39 is 10.9 Å². The number of rotatable bonds is 18. The number of hydrogen-bond acceptors (Lipinski definition) is 5. The summed E-state index contributed by atoms with van der Waals surface area (Å²) < 4.78 is 5.35. The summed E-state index contributed by atoms with van der Waals surface area (Å²) in [7, 11) is 0. The number of benzene rings is 1. The van der Waals surface area contributed by atoms with Crippen LogP contribution in [0.25, 0.3) is 0 Å². The Hall–Kier alpha value is -1.95. The van der Waals surface area contributed by atoms with Gasteiger partial charge in [0.05, 0.1) is 10.5 Å². The number of nitro groups is 1. The van der Waals surface area contributed by atoms with E-state index in [1.807, 2.05) is 0 Å². The van der Waals surface area contributed by atoms with Crippen molar-refractivity contribution >= 4 is 11.7 Å². The first-order valence-corrected chi connectivity index (χ1v) is 12.1. The largest absolute Gasteiger partial charge is 0.461 e. The molecule has 0 unspecified atom stereocenters. The molecule has 0 saturated carbocycles. The Balaban J connectivity index is 2.39. The van der Waals surface area contributed by atoms with Crippen molar-refractivity contribution in [1.29, 1.82) is 0 Å². The summed E-state index contributed by atoms with van der Waals surface area (Å²) in [4.78, 5) is 22.4. The molecule has 0 bridgehead atoms. The summed E-state index contributed by atoms with van der Waals surface area (Å²) in [6, 6.07) is 5.97. The number of non-ortho nitro benzene ring substituents is 1. The molecule has 31 heavy (non-hydrogen) atoms. The molecule has 6 heteroatoms. The van der Waals surface area contributed by atoms with E-state index in [-0.39, 0.29) is 5.69 Å². The molecule has 176 valence electrons. The molecule has 0 spiro atoms. The highest BCUT2D eigenvalue weighted by Crippen LogP contribution is 2.19. The summed E-state index contributed by atoms with van der Waals surface area (Å²) in [5.74, 6) is 0.253. The van der Waals surface area contributed by atoms with Gasteiger partial charge in [-0.15, -0.1) is 0 Å². The van der Waals surface area contributed by atoms with E-state index in [1.54, 1.807) is 0 Å². The van der Waals surface area contributed by atoms with Crippen LogP contribution >= 0.6 is 0 Å². The van der Waals surface area contributed by atoms with Crippen molar-refractivity contribution in [2.75, 3.05) is 13.2 Å².